The van der Waals surface area contributed by atoms with Gasteiger partial charge in [-0.05, 0) is 17.4 Å². The fourth-order valence-corrected chi connectivity index (χ4v) is 3.01. The Kier molecular flexibility index (Phi) is 4.07. The molecule has 1 aromatic heterocycles. The van der Waals surface area contributed by atoms with Crippen LogP contribution >= 0.6 is 23.1 Å². The zero-order chi connectivity index (χ0) is 12.3. The predicted octanol–water partition coefficient (Wildman–Crippen LogP) is 4.03. The largest absolute Gasteiger partial charge is 0.399 e. The number of nitrogens with zero attached hydrogens (tertiary/aromatic N) is 1. The summed E-state index contributed by atoms with van der Waals surface area (Å²) in [6.45, 7) is 4.41. The first-order chi connectivity index (χ1) is 8.15. The predicted molar refractivity (Wildman–Crippen MR) is 78.4 cm³/mol. The van der Waals surface area contributed by atoms with E-state index >= 15 is 0 Å². The van der Waals surface area contributed by atoms with E-state index in [4.69, 9.17) is 5.73 Å². The molecule has 2 N–H and O–H groups in total. The third-order valence-electron chi connectivity index (χ3n) is 2.30. The van der Waals surface area contributed by atoms with Crippen molar-refractivity contribution in [3.63, 3.8) is 0 Å². The van der Waals surface area contributed by atoms with Gasteiger partial charge in [-0.1, -0.05) is 26.0 Å². The first-order valence-corrected chi connectivity index (χ1v) is 7.50. The van der Waals surface area contributed by atoms with Crippen LogP contribution in [0.5, 0.6) is 0 Å². The molecule has 1 aromatic carbocycles. The van der Waals surface area contributed by atoms with Crippen LogP contribution in [0.15, 0.2) is 29.6 Å². The summed E-state index contributed by atoms with van der Waals surface area (Å²) in [4.78, 5) is 4.64. The van der Waals surface area contributed by atoms with Gasteiger partial charge in [0.15, 0.2) is 0 Å². The smallest absolute Gasteiger partial charge is 0.103 e. The van der Waals surface area contributed by atoms with Gasteiger partial charge in [0, 0.05) is 22.4 Å². The Morgan fingerprint density at radius 3 is 2.65 bits per heavy atom. The van der Waals surface area contributed by atoms with Crippen molar-refractivity contribution in [2.45, 2.75) is 24.9 Å². The minimum absolute atomic E-state index is 0.652. The normalized spacial score (nSPS) is 11.0. The summed E-state index contributed by atoms with van der Waals surface area (Å²) < 4.78 is 0. The Bertz CT molecular complexity index is 474. The number of anilines is 1. The lowest BCUT2D eigenvalue weighted by atomic mass is 10.1. The van der Waals surface area contributed by atoms with E-state index in [0.717, 1.165) is 22.7 Å². The second kappa shape index (κ2) is 5.56. The summed E-state index contributed by atoms with van der Waals surface area (Å²) in [7, 11) is 0. The second-order valence-electron chi connectivity index (χ2n) is 4.11. The lowest BCUT2D eigenvalue weighted by molar-refractivity contribution is 1.10. The van der Waals surface area contributed by atoms with E-state index in [1.807, 2.05) is 36.0 Å². The van der Waals surface area contributed by atoms with Crippen LogP contribution in [0.2, 0.25) is 0 Å². The molecule has 0 saturated carbocycles. The van der Waals surface area contributed by atoms with Crippen molar-refractivity contribution in [1.29, 1.82) is 0 Å². The molecule has 4 heteroatoms. The van der Waals surface area contributed by atoms with E-state index in [2.05, 4.69) is 24.2 Å². The zero-order valence-corrected chi connectivity index (χ0v) is 11.6. The first kappa shape index (κ1) is 12.5. The molecule has 2 aromatic rings. The van der Waals surface area contributed by atoms with Crippen molar-refractivity contribution in [2.24, 2.45) is 0 Å². The third kappa shape index (κ3) is 3.48. The zero-order valence-electron chi connectivity index (χ0n) is 10.0. The fraction of sp³-hybridized carbons (Fsp3) is 0.308. The molecule has 1 heterocycles. The standard InChI is InChI=1S/C13H16N2S2/c1-9(2)16-8-13-15-12(7-17-13)10-3-5-11(14)6-4-10/h3-7,9H,8,14H2,1-2H3. The van der Waals surface area contributed by atoms with Gasteiger partial charge in [0.05, 0.1) is 5.69 Å². The molecule has 0 aliphatic heterocycles. The van der Waals surface area contributed by atoms with Crippen molar-refractivity contribution in [2.75, 3.05) is 5.73 Å². The summed E-state index contributed by atoms with van der Waals surface area (Å²) >= 11 is 3.65. The van der Waals surface area contributed by atoms with Crippen molar-refractivity contribution < 1.29 is 0 Å². The molecule has 0 radical (unpaired) electrons. The average Bonchev–Trinajstić information content (AvgIpc) is 2.76. The van der Waals surface area contributed by atoms with Crippen molar-refractivity contribution in [3.05, 3.63) is 34.7 Å². The summed E-state index contributed by atoms with van der Waals surface area (Å²) in [5.74, 6) is 0.997. The SMILES string of the molecule is CC(C)SCc1nc(-c2ccc(N)cc2)cs1. The molecule has 2 rings (SSSR count). The Morgan fingerprint density at radius 2 is 2.00 bits per heavy atom. The molecule has 0 spiro atoms. The van der Waals surface area contributed by atoms with Gasteiger partial charge in [0.25, 0.3) is 0 Å². The van der Waals surface area contributed by atoms with Gasteiger partial charge in [0.2, 0.25) is 0 Å². The van der Waals surface area contributed by atoms with Crippen molar-refractivity contribution in [3.8, 4) is 11.3 Å². The van der Waals surface area contributed by atoms with Crippen molar-refractivity contribution >= 4 is 28.8 Å². The number of hydrogen-bond acceptors (Lipinski definition) is 4. The van der Waals surface area contributed by atoms with Gasteiger partial charge in [-0.15, -0.1) is 11.3 Å². The number of nitrogens with two attached hydrogens (primary N) is 1. The van der Waals surface area contributed by atoms with Crippen LogP contribution in [-0.4, -0.2) is 10.2 Å². The number of benzene rings is 1. The van der Waals surface area contributed by atoms with Crippen molar-refractivity contribution in [1.82, 2.24) is 4.98 Å². The quantitative estimate of drug-likeness (QED) is 0.847. The third-order valence-corrected chi connectivity index (χ3v) is 4.44. The van der Waals surface area contributed by atoms with Crippen LogP contribution in [0.3, 0.4) is 0 Å². The lowest BCUT2D eigenvalue weighted by Crippen LogP contribution is -1.88. The number of aromatic nitrogens is 1. The van der Waals surface area contributed by atoms with Crippen LogP contribution in [0.25, 0.3) is 11.3 Å². The molecule has 0 bridgehead atoms. The van der Waals surface area contributed by atoms with Crippen LogP contribution < -0.4 is 5.73 Å². The van der Waals surface area contributed by atoms with Gasteiger partial charge < -0.3 is 5.73 Å². The van der Waals surface area contributed by atoms with E-state index in [1.54, 1.807) is 11.3 Å². The van der Waals surface area contributed by atoms with E-state index in [9.17, 15) is 0 Å². The van der Waals surface area contributed by atoms with Crippen LogP contribution in [0.4, 0.5) is 5.69 Å². The van der Waals surface area contributed by atoms with E-state index in [1.165, 1.54) is 5.01 Å². The monoisotopic (exact) mass is 264 g/mol. The van der Waals surface area contributed by atoms with Gasteiger partial charge in [-0.2, -0.15) is 11.8 Å². The molecule has 0 saturated heterocycles. The number of hydrogen-bond donors (Lipinski definition) is 1. The number of thioether (sulfide) groups is 1. The summed E-state index contributed by atoms with van der Waals surface area (Å²) in [6.07, 6.45) is 0. The highest BCUT2D eigenvalue weighted by Gasteiger charge is 2.05. The Balaban J connectivity index is 2.10. The number of thiazole rings is 1. The molecule has 0 aliphatic rings. The molecule has 0 unspecified atom stereocenters. The Hall–Kier alpha value is -1.00. The van der Waals surface area contributed by atoms with Gasteiger partial charge in [-0.25, -0.2) is 4.98 Å². The topological polar surface area (TPSA) is 38.9 Å². The highest BCUT2D eigenvalue weighted by Crippen LogP contribution is 2.26. The summed E-state index contributed by atoms with van der Waals surface area (Å²) in [5.41, 5.74) is 8.65. The summed E-state index contributed by atoms with van der Waals surface area (Å²) in [6, 6.07) is 7.86. The highest BCUT2D eigenvalue weighted by atomic mass is 32.2. The minimum Gasteiger partial charge on any atom is -0.399 e. The molecule has 0 aliphatic carbocycles. The number of nitrogen functional groups attached to an aromatic ring is 1. The Labute approximate surface area is 110 Å². The van der Waals surface area contributed by atoms with Crippen LogP contribution in [0, 0.1) is 0 Å². The molecule has 0 fully saturated rings. The molecular weight excluding hydrogens is 248 g/mol. The van der Waals surface area contributed by atoms with E-state index in [-0.39, 0.29) is 0 Å². The molecule has 0 atom stereocenters. The molecule has 0 amide bonds. The highest BCUT2D eigenvalue weighted by molar-refractivity contribution is 7.99. The maximum absolute atomic E-state index is 5.67. The van der Waals surface area contributed by atoms with E-state index < -0.39 is 0 Å². The first-order valence-electron chi connectivity index (χ1n) is 5.57. The summed E-state index contributed by atoms with van der Waals surface area (Å²) in [5, 5.41) is 3.95. The van der Waals surface area contributed by atoms with Gasteiger partial charge >= 0.3 is 0 Å². The number of rotatable bonds is 4. The van der Waals surface area contributed by atoms with Crippen LogP contribution in [-0.2, 0) is 5.75 Å². The molecule has 90 valence electrons. The Morgan fingerprint density at radius 1 is 1.29 bits per heavy atom. The minimum atomic E-state index is 0.652. The van der Waals surface area contributed by atoms with E-state index in [0.29, 0.717) is 5.25 Å². The lowest BCUT2D eigenvalue weighted by Gasteiger charge is -2.01. The fourth-order valence-electron chi connectivity index (χ4n) is 1.40. The van der Waals surface area contributed by atoms with Gasteiger partial charge in [-0.3, -0.25) is 0 Å². The maximum Gasteiger partial charge on any atom is 0.103 e. The molecular formula is C13H16N2S2. The second-order valence-corrected chi connectivity index (χ2v) is 6.62. The maximum atomic E-state index is 5.67. The average molecular weight is 264 g/mol. The molecule has 2 nitrogen and oxygen atoms in total. The van der Waals surface area contributed by atoms with Crippen LogP contribution in [0.1, 0.15) is 18.9 Å². The molecule has 17 heavy (non-hydrogen) atoms. The van der Waals surface area contributed by atoms with Gasteiger partial charge in [0.1, 0.15) is 5.01 Å².